The van der Waals surface area contributed by atoms with Crippen molar-refractivity contribution >= 4 is 20.0 Å². The zero-order valence-electron chi connectivity index (χ0n) is 8.04. The summed E-state index contributed by atoms with van der Waals surface area (Å²) in [6.07, 6.45) is -1.08. The molecule has 0 spiro atoms. The van der Waals surface area contributed by atoms with Crippen LogP contribution < -0.4 is 0 Å². The lowest BCUT2D eigenvalue weighted by Gasteiger charge is -2.12. The Morgan fingerprint density at radius 3 is 2.33 bits per heavy atom. The summed E-state index contributed by atoms with van der Waals surface area (Å²) >= 11 is 0. The summed E-state index contributed by atoms with van der Waals surface area (Å²) in [5.41, 5.74) is -0.155. The maximum Gasteiger partial charge on any atom is 0.303 e. The van der Waals surface area contributed by atoms with Crippen LogP contribution in [0.2, 0.25) is 0 Å². The highest BCUT2D eigenvalue weighted by Gasteiger charge is 2.23. The van der Waals surface area contributed by atoms with Crippen molar-refractivity contribution < 1.29 is 18.9 Å². The van der Waals surface area contributed by atoms with Crippen molar-refractivity contribution in [2.75, 3.05) is 0 Å². The van der Waals surface area contributed by atoms with Crippen LogP contribution in [0.15, 0.2) is 30.3 Å². The predicted molar refractivity (Wildman–Crippen MR) is 53.6 cm³/mol. The van der Waals surface area contributed by atoms with Gasteiger partial charge < -0.3 is 4.74 Å². The van der Waals surface area contributed by atoms with Crippen LogP contribution in [0, 0.1) is 0 Å². The molecule has 0 unspecified atom stereocenters. The Labute approximate surface area is 88.4 Å². The van der Waals surface area contributed by atoms with Crippen molar-refractivity contribution in [3.8, 4) is 0 Å². The van der Waals surface area contributed by atoms with Crippen molar-refractivity contribution in [3.05, 3.63) is 35.9 Å². The highest BCUT2D eigenvalue weighted by molar-refractivity contribution is 7.46. The first-order valence-electron chi connectivity index (χ1n) is 4.24. The number of esters is 1. The third-order valence-corrected chi connectivity index (χ3v) is 2.11. The van der Waals surface area contributed by atoms with E-state index < -0.39 is 26.1 Å². The van der Waals surface area contributed by atoms with Gasteiger partial charge in [-0.05, 0) is 0 Å². The molecule has 0 heterocycles. The second kappa shape index (κ2) is 5.37. The molecule has 78 valence electrons. The lowest BCUT2D eigenvalue weighted by atomic mass is 10.1. The molecule has 0 saturated heterocycles. The molecule has 0 aliphatic rings. The van der Waals surface area contributed by atoms with E-state index in [4.69, 9.17) is 4.74 Å². The van der Waals surface area contributed by atoms with E-state index >= 15 is 0 Å². The number of carbonyl (C=O) groups excluding carboxylic acids is 2. The summed E-state index contributed by atoms with van der Waals surface area (Å²) in [6.45, 7) is 1.20. The van der Waals surface area contributed by atoms with Gasteiger partial charge in [0.2, 0.25) is 8.46 Å². The largest absolute Gasteiger partial charge is 0.449 e. The molecule has 0 saturated carbocycles. The molecule has 1 rings (SSSR count). The minimum Gasteiger partial charge on any atom is -0.449 e. The Kier molecular flexibility index (Phi) is 4.13. The van der Waals surface area contributed by atoms with Crippen molar-refractivity contribution in [2.45, 2.75) is 13.0 Å². The molecule has 0 amide bonds. The Bertz CT molecular complexity index is 374. The second-order valence-electron chi connectivity index (χ2n) is 2.83. The molecule has 0 N–H and O–H groups in total. The highest BCUT2D eigenvalue weighted by atomic mass is 31.1. The molecule has 15 heavy (non-hydrogen) atoms. The van der Waals surface area contributed by atoms with Crippen molar-refractivity contribution in [3.63, 3.8) is 0 Å². The number of hydrogen-bond donors (Lipinski definition) is 0. The van der Waals surface area contributed by atoms with Gasteiger partial charge in [-0.3, -0.25) is 14.2 Å². The molecule has 0 aliphatic heterocycles. The number of rotatable bonds is 4. The first kappa shape index (κ1) is 11.5. The number of carbonyl (C=O) groups is 2. The zero-order chi connectivity index (χ0) is 11.3. The van der Waals surface area contributed by atoms with Gasteiger partial charge in [-0.15, -0.1) is 0 Å². The highest BCUT2D eigenvalue weighted by Crippen LogP contribution is 2.22. The maximum atomic E-state index is 11.2. The standard InChI is InChI=1S/C10H9O4P/c1-7(11)14-9(10(12)15-13)8-5-3-2-4-6-8/h2-6,9H,1H3/t9-/m0/s1. The van der Waals surface area contributed by atoms with Gasteiger partial charge >= 0.3 is 5.97 Å². The molecule has 0 aromatic heterocycles. The van der Waals surface area contributed by atoms with Gasteiger partial charge in [-0.1, -0.05) is 30.3 Å². The summed E-state index contributed by atoms with van der Waals surface area (Å²) in [6, 6.07) is 8.46. The fourth-order valence-electron chi connectivity index (χ4n) is 1.10. The molecule has 0 radical (unpaired) electrons. The molecule has 1 aromatic carbocycles. The first-order valence-corrected chi connectivity index (χ1v) is 5.05. The molecule has 4 nitrogen and oxygen atoms in total. The van der Waals surface area contributed by atoms with Crippen LogP contribution >= 0.6 is 8.46 Å². The Morgan fingerprint density at radius 1 is 1.27 bits per heavy atom. The minimum absolute atomic E-state index is 0.515. The van der Waals surface area contributed by atoms with Crippen LogP contribution in [0.3, 0.4) is 0 Å². The van der Waals surface area contributed by atoms with E-state index in [2.05, 4.69) is 0 Å². The summed E-state index contributed by atoms with van der Waals surface area (Å²) < 4.78 is 15.3. The third-order valence-electron chi connectivity index (χ3n) is 1.70. The van der Waals surface area contributed by atoms with E-state index in [0.717, 1.165) is 0 Å². The average Bonchev–Trinajstić information content (AvgIpc) is 2.26. The summed E-state index contributed by atoms with van der Waals surface area (Å²) in [7, 11) is -0.663. The van der Waals surface area contributed by atoms with Crippen LogP contribution in [-0.4, -0.2) is 11.5 Å². The van der Waals surface area contributed by atoms with Crippen molar-refractivity contribution in [1.29, 1.82) is 0 Å². The number of benzene rings is 1. The quantitative estimate of drug-likeness (QED) is 0.580. The lowest BCUT2D eigenvalue weighted by Crippen LogP contribution is -2.14. The molecule has 0 bridgehead atoms. The maximum absolute atomic E-state index is 11.2. The lowest BCUT2D eigenvalue weighted by molar-refractivity contribution is -0.150. The van der Waals surface area contributed by atoms with Crippen LogP contribution in [0.25, 0.3) is 0 Å². The molecule has 0 fully saturated rings. The van der Waals surface area contributed by atoms with Crippen LogP contribution in [0.5, 0.6) is 0 Å². The van der Waals surface area contributed by atoms with E-state index in [1.165, 1.54) is 6.92 Å². The normalized spacial score (nSPS) is 12.1. The van der Waals surface area contributed by atoms with E-state index in [-0.39, 0.29) is 0 Å². The molecular formula is C10H9O4P. The van der Waals surface area contributed by atoms with Crippen LogP contribution in [-0.2, 0) is 18.9 Å². The molecule has 1 atom stereocenters. The van der Waals surface area contributed by atoms with Gasteiger partial charge in [0.25, 0.3) is 5.52 Å². The van der Waals surface area contributed by atoms with Gasteiger partial charge in [0.1, 0.15) is 0 Å². The summed E-state index contributed by atoms with van der Waals surface area (Å²) in [5.74, 6) is -0.583. The van der Waals surface area contributed by atoms with Crippen LogP contribution in [0.1, 0.15) is 18.6 Å². The van der Waals surface area contributed by atoms with E-state index in [0.29, 0.717) is 5.56 Å². The molecule has 5 heteroatoms. The van der Waals surface area contributed by atoms with Gasteiger partial charge in [0.05, 0.1) is 0 Å². The van der Waals surface area contributed by atoms with Crippen molar-refractivity contribution in [2.24, 2.45) is 0 Å². The monoisotopic (exact) mass is 224 g/mol. The minimum atomic E-state index is -1.08. The molecule has 0 aliphatic carbocycles. The molecule has 1 aromatic rings. The molecular weight excluding hydrogens is 215 g/mol. The van der Waals surface area contributed by atoms with E-state index in [1.807, 2.05) is 0 Å². The Hall–Kier alpha value is -1.54. The predicted octanol–water partition coefficient (Wildman–Crippen LogP) is 2.11. The van der Waals surface area contributed by atoms with E-state index in [1.54, 1.807) is 30.3 Å². The first-order chi connectivity index (χ1) is 7.15. The summed E-state index contributed by atoms with van der Waals surface area (Å²) in [4.78, 5) is 22.0. The Morgan fingerprint density at radius 2 is 1.87 bits per heavy atom. The van der Waals surface area contributed by atoms with E-state index in [9.17, 15) is 14.2 Å². The van der Waals surface area contributed by atoms with Crippen LogP contribution in [0.4, 0.5) is 0 Å². The average molecular weight is 224 g/mol. The smallest absolute Gasteiger partial charge is 0.303 e. The number of hydrogen-bond acceptors (Lipinski definition) is 4. The zero-order valence-corrected chi connectivity index (χ0v) is 8.94. The number of ether oxygens (including phenoxy) is 1. The SMILES string of the molecule is CC(=O)O[C@H](C(=O)P=O)c1ccccc1. The summed E-state index contributed by atoms with van der Waals surface area (Å²) in [5, 5.41) is 0. The van der Waals surface area contributed by atoms with Gasteiger partial charge in [0, 0.05) is 12.5 Å². The second-order valence-corrected chi connectivity index (χ2v) is 3.45. The fourth-order valence-corrected chi connectivity index (χ4v) is 1.40. The van der Waals surface area contributed by atoms with Gasteiger partial charge in [-0.25, -0.2) is 0 Å². The van der Waals surface area contributed by atoms with Gasteiger partial charge in [-0.2, -0.15) is 0 Å². The fraction of sp³-hybridized carbons (Fsp3) is 0.200. The Balaban J connectivity index is 2.96. The van der Waals surface area contributed by atoms with Gasteiger partial charge in [0.15, 0.2) is 6.10 Å². The topological polar surface area (TPSA) is 60.4 Å². The van der Waals surface area contributed by atoms with Crippen molar-refractivity contribution in [1.82, 2.24) is 0 Å². The third kappa shape index (κ3) is 3.26.